The number of halogens is 3. The van der Waals surface area contributed by atoms with Crippen LogP contribution in [0.15, 0.2) is 0 Å². The standard InChI is InChI=1S/C11H20F3NO2/c1-7(2)3-4-9(15)5-8(6-10(16)17)11(12,13)14/h7-9H,3-6,15H2,1-2H3,(H,16,17). The summed E-state index contributed by atoms with van der Waals surface area (Å²) in [7, 11) is 0. The van der Waals surface area contributed by atoms with Crippen LogP contribution in [0.5, 0.6) is 0 Å². The highest BCUT2D eigenvalue weighted by molar-refractivity contribution is 5.67. The van der Waals surface area contributed by atoms with Gasteiger partial charge in [-0.15, -0.1) is 0 Å². The number of nitrogens with two attached hydrogens (primary N) is 1. The first-order valence-corrected chi connectivity index (χ1v) is 5.67. The summed E-state index contributed by atoms with van der Waals surface area (Å²) in [6.45, 7) is 3.93. The zero-order chi connectivity index (χ0) is 13.6. The highest BCUT2D eigenvalue weighted by atomic mass is 19.4. The molecule has 0 aromatic carbocycles. The third-order valence-electron chi connectivity index (χ3n) is 2.59. The second kappa shape index (κ2) is 6.83. The first-order valence-electron chi connectivity index (χ1n) is 5.67. The summed E-state index contributed by atoms with van der Waals surface area (Å²) < 4.78 is 37.6. The molecule has 102 valence electrons. The topological polar surface area (TPSA) is 63.3 Å². The second-order valence-corrected chi connectivity index (χ2v) is 4.80. The van der Waals surface area contributed by atoms with Crippen LogP contribution in [0.1, 0.15) is 39.5 Å². The molecule has 3 N–H and O–H groups in total. The van der Waals surface area contributed by atoms with Gasteiger partial charge in [-0.1, -0.05) is 13.8 Å². The molecule has 0 saturated carbocycles. The van der Waals surface area contributed by atoms with Crippen molar-refractivity contribution in [2.45, 2.75) is 51.7 Å². The number of alkyl halides is 3. The van der Waals surface area contributed by atoms with E-state index < -0.39 is 30.5 Å². The molecule has 0 bridgehead atoms. The Bertz CT molecular complexity index is 241. The lowest BCUT2D eigenvalue weighted by atomic mass is 9.92. The Labute approximate surface area is 99.2 Å². The van der Waals surface area contributed by atoms with Crippen LogP contribution in [0.4, 0.5) is 13.2 Å². The minimum atomic E-state index is -4.49. The van der Waals surface area contributed by atoms with E-state index in [0.29, 0.717) is 12.3 Å². The zero-order valence-electron chi connectivity index (χ0n) is 10.1. The van der Waals surface area contributed by atoms with E-state index in [1.165, 1.54) is 0 Å². The average molecular weight is 255 g/mol. The Morgan fingerprint density at radius 3 is 2.18 bits per heavy atom. The SMILES string of the molecule is CC(C)CCC(N)CC(CC(=O)O)C(F)(F)F. The molecule has 0 fully saturated rings. The summed E-state index contributed by atoms with van der Waals surface area (Å²) in [6.07, 6.45) is -4.47. The summed E-state index contributed by atoms with van der Waals surface area (Å²) in [4.78, 5) is 10.4. The first kappa shape index (κ1) is 16.2. The molecule has 0 heterocycles. The van der Waals surface area contributed by atoms with E-state index in [1.54, 1.807) is 0 Å². The number of hydrogen-bond donors (Lipinski definition) is 2. The van der Waals surface area contributed by atoms with Crippen molar-refractivity contribution in [3.8, 4) is 0 Å². The van der Waals surface area contributed by atoms with Gasteiger partial charge in [0.2, 0.25) is 0 Å². The number of carboxylic acids is 1. The molecule has 2 atom stereocenters. The highest BCUT2D eigenvalue weighted by Gasteiger charge is 2.41. The smallest absolute Gasteiger partial charge is 0.392 e. The Morgan fingerprint density at radius 2 is 1.82 bits per heavy atom. The number of carbonyl (C=O) groups is 1. The van der Waals surface area contributed by atoms with Crippen molar-refractivity contribution >= 4 is 5.97 Å². The molecule has 0 aliphatic carbocycles. The first-order chi connectivity index (χ1) is 7.62. The molecular weight excluding hydrogens is 235 g/mol. The summed E-state index contributed by atoms with van der Waals surface area (Å²) in [6, 6.07) is -0.594. The molecule has 17 heavy (non-hydrogen) atoms. The molecule has 2 unspecified atom stereocenters. The van der Waals surface area contributed by atoms with Crippen LogP contribution in [0.2, 0.25) is 0 Å². The van der Waals surface area contributed by atoms with Gasteiger partial charge in [0.15, 0.2) is 0 Å². The van der Waals surface area contributed by atoms with Crippen LogP contribution in [-0.2, 0) is 4.79 Å². The van der Waals surface area contributed by atoms with E-state index in [1.807, 2.05) is 13.8 Å². The molecular formula is C11H20F3NO2. The van der Waals surface area contributed by atoms with Gasteiger partial charge < -0.3 is 10.8 Å². The molecule has 0 aliphatic rings. The molecule has 0 amide bonds. The van der Waals surface area contributed by atoms with Crippen LogP contribution >= 0.6 is 0 Å². The van der Waals surface area contributed by atoms with Crippen molar-refractivity contribution < 1.29 is 23.1 Å². The van der Waals surface area contributed by atoms with Crippen LogP contribution in [0.25, 0.3) is 0 Å². The number of hydrogen-bond acceptors (Lipinski definition) is 2. The quantitative estimate of drug-likeness (QED) is 0.735. The molecule has 6 heteroatoms. The fourth-order valence-electron chi connectivity index (χ4n) is 1.57. The van der Waals surface area contributed by atoms with Crippen molar-refractivity contribution in [3.05, 3.63) is 0 Å². The minimum Gasteiger partial charge on any atom is -0.481 e. The van der Waals surface area contributed by atoms with E-state index in [0.717, 1.165) is 6.42 Å². The molecule has 3 nitrogen and oxygen atoms in total. The van der Waals surface area contributed by atoms with Crippen LogP contribution in [0, 0.1) is 11.8 Å². The van der Waals surface area contributed by atoms with E-state index in [4.69, 9.17) is 10.8 Å². The van der Waals surface area contributed by atoms with Crippen LogP contribution in [0.3, 0.4) is 0 Å². The Morgan fingerprint density at radius 1 is 1.29 bits per heavy atom. The minimum absolute atomic E-state index is 0.317. The lowest BCUT2D eigenvalue weighted by molar-refractivity contribution is -0.185. The lowest BCUT2D eigenvalue weighted by Crippen LogP contribution is -2.33. The molecule has 0 aliphatic heterocycles. The number of carboxylic acid groups (broad SMARTS) is 1. The van der Waals surface area contributed by atoms with E-state index in [2.05, 4.69) is 0 Å². The third kappa shape index (κ3) is 8.01. The van der Waals surface area contributed by atoms with Gasteiger partial charge in [-0.05, 0) is 25.2 Å². The van der Waals surface area contributed by atoms with E-state index in [9.17, 15) is 18.0 Å². The maximum absolute atomic E-state index is 12.5. The van der Waals surface area contributed by atoms with Crippen LogP contribution < -0.4 is 5.73 Å². The monoisotopic (exact) mass is 255 g/mol. The summed E-state index contributed by atoms with van der Waals surface area (Å²) in [5, 5.41) is 8.44. The van der Waals surface area contributed by atoms with Gasteiger partial charge in [-0.3, -0.25) is 4.79 Å². The van der Waals surface area contributed by atoms with Gasteiger partial charge in [0, 0.05) is 6.04 Å². The predicted octanol–water partition coefficient (Wildman–Crippen LogP) is 2.79. The van der Waals surface area contributed by atoms with Gasteiger partial charge >= 0.3 is 12.1 Å². The molecule has 0 aromatic rings. The van der Waals surface area contributed by atoms with Gasteiger partial charge in [-0.25, -0.2) is 0 Å². The largest absolute Gasteiger partial charge is 0.481 e. The third-order valence-corrected chi connectivity index (χ3v) is 2.59. The normalized spacial score (nSPS) is 15.9. The Kier molecular flexibility index (Phi) is 6.52. The van der Waals surface area contributed by atoms with Crippen molar-refractivity contribution in [2.24, 2.45) is 17.6 Å². The molecule has 0 radical (unpaired) electrons. The molecule has 0 rings (SSSR count). The van der Waals surface area contributed by atoms with E-state index >= 15 is 0 Å². The van der Waals surface area contributed by atoms with Gasteiger partial charge in [0.1, 0.15) is 0 Å². The van der Waals surface area contributed by atoms with Crippen molar-refractivity contribution in [3.63, 3.8) is 0 Å². The van der Waals surface area contributed by atoms with Gasteiger partial charge in [0.05, 0.1) is 12.3 Å². The highest BCUT2D eigenvalue weighted by Crippen LogP contribution is 2.32. The van der Waals surface area contributed by atoms with Gasteiger partial charge in [0.25, 0.3) is 0 Å². The maximum atomic E-state index is 12.5. The molecule has 0 aromatic heterocycles. The van der Waals surface area contributed by atoms with Crippen molar-refractivity contribution in [1.29, 1.82) is 0 Å². The molecule has 0 spiro atoms. The number of rotatable bonds is 7. The Hall–Kier alpha value is -0.780. The number of aliphatic carboxylic acids is 1. The average Bonchev–Trinajstić information content (AvgIpc) is 2.11. The van der Waals surface area contributed by atoms with Gasteiger partial charge in [-0.2, -0.15) is 13.2 Å². The Balaban J connectivity index is 4.28. The fraction of sp³-hybridized carbons (Fsp3) is 0.909. The fourth-order valence-corrected chi connectivity index (χ4v) is 1.57. The summed E-state index contributed by atoms with van der Waals surface area (Å²) in [5.74, 6) is -2.91. The van der Waals surface area contributed by atoms with Crippen LogP contribution in [-0.4, -0.2) is 23.3 Å². The second-order valence-electron chi connectivity index (χ2n) is 4.80. The summed E-state index contributed by atoms with van der Waals surface area (Å²) >= 11 is 0. The molecule has 0 saturated heterocycles. The zero-order valence-corrected chi connectivity index (χ0v) is 10.1. The maximum Gasteiger partial charge on any atom is 0.392 e. The lowest BCUT2D eigenvalue weighted by Gasteiger charge is -2.22. The van der Waals surface area contributed by atoms with Crippen molar-refractivity contribution in [2.75, 3.05) is 0 Å². The van der Waals surface area contributed by atoms with E-state index in [-0.39, 0.29) is 6.42 Å². The summed E-state index contributed by atoms with van der Waals surface area (Å²) in [5.41, 5.74) is 5.60. The van der Waals surface area contributed by atoms with Crippen molar-refractivity contribution in [1.82, 2.24) is 0 Å². The predicted molar refractivity (Wildman–Crippen MR) is 58.5 cm³/mol.